The highest BCUT2D eigenvalue weighted by molar-refractivity contribution is 5.95. The van der Waals surface area contributed by atoms with Crippen LogP contribution in [-0.4, -0.2) is 56.5 Å². The van der Waals surface area contributed by atoms with Crippen molar-refractivity contribution in [1.29, 1.82) is 0 Å². The topological polar surface area (TPSA) is 26.8 Å². The summed E-state index contributed by atoms with van der Waals surface area (Å²) in [5, 5.41) is 0. The number of carbonyl (C=O) groups is 1. The van der Waals surface area contributed by atoms with Gasteiger partial charge >= 0.3 is 0 Å². The highest BCUT2D eigenvalue weighted by Gasteiger charge is 2.47. The third-order valence-corrected chi connectivity index (χ3v) is 5.98. The predicted octanol–water partition coefficient (Wildman–Crippen LogP) is 3.27. The Morgan fingerprint density at radius 2 is 1.85 bits per heavy atom. The molecule has 4 rings (SSSR count). The number of rotatable bonds is 3. The Morgan fingerprint density at radius 1 is 1.07 bits per heavy atom. The van der Waals surface area contributed by atoms with E-state index in [1.165, 1.54) is 6.07 Å². The van der Waals surface area contributed by atoms with Crippen LogP contribution in [0.2, 0.25) is 0 Å². The summed E-state index contributed by atoms with van der Waals surface area (Å²) in [7, 11) is 6.05. The van der Waals surface area contributed by atoms with Crippen LogP contribution in [0.15, 0.2) is 48.5 Å². The van der Waals surface area contributed by atoms with Crippen LogP contribution in [0.3, 0.4) is 0 Å². The molecule has 2 aromatic rings. The maximum absolute atomic E-state index is 13.7. The SMILES string of the molecule is CN(C)c1cccc(C(=O)N2C[C@@H]3CN(C)[C@@H](c4cccc(F)c4)[C@@H]3C2)c1. The van der Waals surface area contributed by atoms with Crippen molar-refractivity contribution in [2.45, 2.75) is 6.04 Å². The summed E-state index contributed by atoms with van der Waals surface area (Å²) in [6.45, 7) is 2.43. The van der Waals surface area contributed by atoms with Gasteiger partial charge in [0.25, 0.3) is 5.91 Å². The fourth-order valence-electron chi connectivity index (χ4n) is 4.72. The molecule has 2 heterocycles. The molecule has 5 heteroatoms. The zero-order valence-electron chi connectivity index (χ0n) is 16.1. The Balaban J connectivity index is 1.54. The number of hydrogen-bond acceptors (Lipinski definition) is 3. The van der Waals surface area contributed by atoms with Gasteiger partial charge < -0.3 is 9.80 Å². The number of nitrogens with zero attached hydrogens (tertiary/aromatic N) is 3. The lowest BCUT2D eigenvalue weighted by molar-refractivity contribution is 0.0768. The minimum absolute atomic E-state index is 0.0914. The quantitative estimate of drug-likeness (QED) is 0.833. The Hall–Kier alpha value is -2.40. The Labute approximate surface area is 160 Å². The molecule has 27 heavy (non-hydrogen) atoms. The predicted molar refractivity (Wildman–Crippen MR) is 105 cm³/mol. The Morgan fingerprint density at radius 3 is 2.59 bits per heavy atom. The van der Waals surface area contributed by atoms with Crippen LogP contribution in [0, 0.1) is 17.7 Å². The van der Waals surface area contributed by atoms with Gasteiger partial charge in [-0.05, 0) is 48.9 Å². The average Bonchev–Trinajstić information content (AvgIpc) is 3.17. The first kappa shape index (κ1) is 18.0. The monoisotopic (exact) mass is 367 g/mol. The van der Waals surface area contributed by atoms with Crippen molar-refractivity contribution in [3.8, 4) is 0 Å². The van der Waals surface area contributed by atoms with Crippen LogP contribution in [0.4, 0.5) is 10.1 Å². The highest BCUT2D eigenvalue weighted by Crippen LogP contribution is 2.44. The van der Waals surface area contributed by atoms with Crippen molar-refractivity contribution >= 4 is 11.6 Å². The zero-order valence-corrected chi connectivity index (χ0v) is 16.1. The normalized spacial score (nSPS) is 24.9. The fraction of sp³-hybridized carbons (Fsp3) is 0.409. The van der Waals surface area contributed by atoms with E-state index in [2.05, 4.69) is 11.9 Å². The van der Waals surface area contributed by atoms with Gasteiger partial charge in [-0.1, -0.05) is 18.2 Å². The molecule has 2 aliphatic heterocycles. The van der Waals surface area contributed by atoms with E-state index in [1.54, 1.807) is 12.1 Å². The molecule has 3 atom stereocenters. The smallest absolute Gasteiger partial charge is 0.253 e. The average molecular weight is 367 g/mol. The van der Waals surface area contributed by atoms with E-state index in [4.69, 9.17) is 0 Å². The number of hydrogen-bond donors (Lipinski definition) is 0. The van der Waals surface area contributed by atoms with Crippen molar-refractivity contribution < 1.29 is 9.18 Å². The molecule has 1 amide bonds. The van der Waals surface area contributed by atoms with E-state index in [0.717, 1.165) is 36.4 Å². The molecule has 4 nitrogen and oxygen atoms in total. The van der Waals surface area contributed by atoms with Gasteiger partial charge in [0.2, 0.25) is 0 Å². The van der Waals surface area contributed by atoms with E-state index in [0.29, 0.717) is 11.8 Å². The number of likely N-dealkylation sites (tertiary alicyclic amines) is 2. The van der Waals surface area contributed by atoms with Gasteiger partial charge in [-0.15, -0.1) is 0 Å². The third-order valence-electron chi connectivity index (χ3n) is 5.98. The first-order chi connectivity index (χ1) is 12.9. The van der Waals surface area contributed by atoms with Crippen LogP contribution in [0.25, 0.3) is 0 Å². The van der Waals surface area contributed by atoms with Gasteiger partial charge in [0.05, 0.1) is 0 Å². The third kappa shape index (κ3) is 3.32. The lowest BCUT2D eigenvalue weighted by Crippen LogP contribution is -2.33. The summed E-state index contributed by atoms with van der Waals surface area (Å²) < 4.78 is 13.7. The van der Waals surface area contributed by atoms with Crippen molar-refractivity contribution in [3.63, 3.8) is 0 Å². The molecule has 0 radical (unpaired) electrons. The molecule has 0 saturated carbocycles. The fourth-order valence-corrected chi connectivity index (χ4v) is 4.72. The van der Waals surface area contributed by atoms with E-state index in [-0.39, 0.29) is 17.8 Å². The molecule has 0 spiro atoms. The van der Waals surface area contributed by atoms with Crippen LogP contribution in [-0.2, 0) is 0 Å². The molecule has 0 unspecified atom stereocenters. The van der Waals surface area contributed by atoms with Crippen molar-refractivity contribution in [3.05, 3.63) is 65.5 Å². The molecule has 2 saturated heterocycles. The van der Waals surface area contributed by atoms with Gasteiger partial charge in [-0.2, -0.15) is 0 Å². The Kier molecular flexibility index (Phi) is 4.64. The number of amides is 1. The first-order valence-electron chi connectivity index (χ1n) is 9.46. The molecular weight excluding hydrogens is 341 g/mol. The molecule has 0 bridgehead atoms. The molecule has 2 aromatic carbocycles. The second kappa shape index (κ2) is 6.97. The van der Waals surface area contributed by atoms with Crippen molar-refractivity contribution in [2.24, 2.45) is 11.8 Å². The summed E-state index contributed by atoms with van der Waals surface area (Å²) in [4.78, 5) is 19.3. The number of benzene rings is 2. The molecule has 2 fully saturated rings. The molecule has 142 valence electrons. The lowest BCUT2D eigenvalue weighted by Gasteiger charge is -2.27. The van der Waals surface area contributed by atoms with E-state index >= 15 is 0 Å². The minimum atomic E-state index is -0.198. The van der Waals surface area contributed by atoms with E-state index in [1.807, 2.05) is 54.2 Å². The van der Waals surface area contributed by atoms with Gasteiger partial charge in [0.1, 0.15) is 5.82 Å². The van der Waals surface area contributed by atoms with Gasteiger partial charge in [-0.3, -0.25) is 9.69 Å². The van der Waals surface area contributed by atoms with E-state index < -0.39 is 0 Å². The number of halogens is 1. The minimum Gasteiger partial charge on any atom is -0.378 e. The van der Waals surface area contributed by atoms with Gasteiger partial charge in [-0.25, -0.2) is 4.39 Å². The summed E-state index contributed by atoms with van der Waals surface area (Å²) in [5.41, 5.74) is 2.77. The van der Waals surface area contributed by atoms with Gasteiger partial charge in [0.15, 0.2) is 0 Å². The second-order valence-electron chi connectivity index (χ2n) is 8.02. The highest BCUT2D eigenvalue weighted by atomic mass is 19.1. The van der Waals surface area contributed by atoms with Crippen LogP contribution >= 0.6 is 0 Å². The van der Waals surface area contributed by atoms with Crippen LogP contribution < -0.4 is 4.90 Å². The van der Waals surface area contributed by atoms with Crippen LogP contribution in [0.1, 0.15) is 22.0 Å². The van der Waals surface area contributed by atoms with E-state index in [9.17, 15) is 9.18 Å². The lowest BCUT2D eigenvalue weighted by atomic mass is 9.89. The summed E-state index contributed by atoms with van der Waals surface area (Å²) in [5.74, 6) is 0.673. The summed E-state index contributed by atoms with van der Waals surface area (Å²) >= 11 is 0. The number of carbonyl (C=O) groups excluding carboxylic acids is 1. The van der Waals surface area contributed by atoms with Crippen LogP contribution in [0.5, 0.6) is 0 Å². The second-order valence-corrected chi connectivity index (χ2v) is 8.02. The summed E-state index contributed by atoms with van der Waals surface area (Å²) in [6.07, 6.45) is 0. The standard InChI is InChI=1S/C22H26FN3O/c1-24(2)19-9-5-7-16(11-19)22(27)26-13-17-12-25(3)21(20(17)14-26)15-6-4-8-18(23)10-15/h4-11,17,20-21H,12-14H2,1-3H3/t17-,20+,21-/m0/s1. The van der Waals surface area contributed by atoms with Crippen molar-refractivity contribution in [1.82, 2.24) is 9.80 Å². The molecular formula is C22H26FN3O. The summed E-state index contributed by atoms with van der Waals surface area (Å²) in [6, 6.07) is 14.8. The van der Waals surface area contributed by atoms with Gasteiger partial charge in [0, 0.05) is 56.9 Å². The Bertz CT molecular complexity index is 853. The number of anilines is 1. The maximum Gasteiger partial charge on any atom is 0.253 e. The molecule has 0 aromatic heterocycles. The zero-order chi connectivity index (χ0) is 19.1. The molecule has 0 N–H and O–H groups in total. The largest absolute Gasteiger partial charge is 0.378 e. The first-order valence-corrected chi connectivity index (χ1v) is 9.46. The van der Waals surface area contributed by atoms with Crippen molar-refractivity contribution in [2.75, 3.05) is 45.7 Å². The molecule has 0 aliphatic carbocycles. The molecule has 2 aliphatic rings. The number of fused-ring (bicyclic) bond motifs is 1. The maximum atomic E-state index is 13.7.